The molecule has 0 bridgehead atoms. The summed E-state index contributed by atoms with van der Waals surface area (Å²) < 4.78 is 13.2. The van der Waals surface area contributed by atoms with Gasteiger partial charge in [-0.3, -0.25) is 4.79 Å². The largest absolute Gasteiger partial charge is 0.364 e. The number of fused-ring (bicyclic) bond motifs is 1. The lowest BCUT2D eigenvalue weighted by Gasteiger charge is -2.29. The first kappa shape index (κ1) is 20.5. The van der Waals surface area contributed by atoms with Gasteiger partial charge in [-0.1, -0.05) is 26.0 Å². The summed E-state index contributed by atoms with van der Waals surface area (Å²) in [5.74, 6) is 0.537. The molecule has 2 heterocycles. The minimum absolute atomic E-state index is 0.0474. The molecule has 28 heavy (non-hydrogen) atoms. The Morgan fingerprint density at radius 2 is 1.86 bits per heavy atom. The molecule has 1 aromatic heterocycles. The van der Waals surface area contributed by atoms with Crippen molar-refractivity contribution in [1.82, 2.24) is 14.9 Å². The summed E-state index contributed by atoms with van der Waals surface area (Å²) >= 11 is 6.12. The van der Waals surface area contributed by atoms with Crippen molar-refractivity contribution in [3.05, 3.63) is 52.2 Å². The fraction of sp³-hybridized carbons (Fsp3) is 0.476. The highest BCUT2D eigenvalue weighted by molar-refractivity contribution is 6.28. The monoisotopic (exact) mass is 404 g/mol. The van der Waals surface area contributed by atoms with Crippen LogP contribution in [0.2, 0.25) is 5.28 Å². The molecule has 0 aliphatic carbocycles. The van der Waals surface area contributed by atoms with Crippen LogP contribution in [0.5, 0.6) is 0 Å². The second-order valence-electron chi connectivity index (χ2n) is 8.40. The van der Waals surface area contributed by atoms with Crippen LogP contribution in [-0.4, -0.2) is 32.4 Å². The zero-order valence-electron chi connectivity index (χ0n) is 16.9. The van der Waals surface area contributed by atoms with Gasteiger partial charge in [0.05, 0.1) is 6.54 Å². The minimum atomic E-state index is -0.386. The number of rotatable bonds is 6. The van der Waals surface area contributed by atoms with Gasteiger partial charge in [0.2, 0.25) is 5.28 Å². The molecule has 150 valence electrons. The molecule has 1 aliphatic rings. The van der Waals surface area contributed by atoms with Crippen molar-refractivity contribution in [3.63, 3.8) is 0 Å². The van der Waals surface area contributed by atoms with E-state index < -0.39 is 0 Å². The summed E-state index contributed by atoms with van der Waals surface area (Å²) in [6, 6.07) is 6.53. The molecule has 1 aromatic carbocycles. The summed E-state index contributed by atoms with van der Waals surface area (Å²) in [7, 11) is 0. The lowest BCUT2D eigenvalue weighted by atomic mass is 9.94. The van der Waals surface area contributed by atoms with Crippen LogP contribution in [0.4, 0.5) is 10.2 Å². The number of halogens is 2. The smallest absolute Gasteiger partial charge is 0.273 e. The van der Waals surface area contributed by atoms with E-state index in [0.717, 1.165) is 11.1 Å². The van der Waals surface area contributed by atoms with Crippen LogP contribution in [0.3, 0.4) is 0 Å². The van der Waals surface area contributed by atoms with E-state index in [1.165, 1.54) is 12.1 Å². The van der Waals surface area contributed by atoms with E-state index in [1.54, 1.807) is 12.1 Å². The molecule has 0 saturated heterocycles. The molecular weight excluding hydrogens is 379 g/mol. The van der Waals surface area contributed by atoms with Gasteiger partial charge in [0.1, 0.15) is 17.3 Å². The number of carbonyl (C=O) groups excluding carboxylic acids is 1. The van der Waals surface area contributed by atoms with Gasteiger partial charge in [-0.05, 0) is 62.4 Å². The Kier molecular flexibility index (Phi) is 5.62. The third-order valence-corrected chi connectivity index (χ3v) is 5.41. The molecule has 0 spiro atoms. The van der Waals surface area contributed by atoms with Crippen LogP contribution >= 0.6 is 11.6 Å². The molecule has 0 saturated carbocycles. The molecule has 3 rings (SSSR count). The normalized spacial score (nSPS) is 15.1. The predicted molar refractivity (Wildman–Crippen MR) is 109 cm³/mol. The van der Waals surface area contributed by atoms with Crippen LogP contribution < -0.4 is 5.32 Å². The third kappa shape index (κ3) is 4.27. The lowest BCUT2D eigenvalue weighted by molar-refractivity contribution is 0.0669. The first-order valence-corrected chi connectivity index (χ1v) is 9.85. The average Bonchev–Trinajstić information content (AvgIpc) is 2.93. The molecule has 1 unspecified atom stereocenters. The molecule has 1 aliphatic heterocycles. The number of carbonyl (C=O) groups is 1. The first-order valence-electron chi connectivity index (χ1n) is 9.47. The fourth-order valence-electron chi connectivity index (χ4n) is 3.43. The summed E-state index contributed by atoms with van der Waals surface area (Å²) in [5, 5.41) is 3.47. The van der Waals surface area contributed by atoms with E-state index in [1.807, 2.05) is 25.7 Å². The molecule has 7 heteroatoms. The second-order valence-corrected chi connectivity index (χ2v) is 8.74. The third-order valence-electron chi connectivity index (χ3n) is 5.24. The summed E-state index contributed by atoms with van der Waals surface area (Å²) in [4.78, 5) is 23.2. The molecule has 2 aromatic rings. The molecule has 1 amide bonds. The van der Waals surface area contributed by atoms with Crippen LogP contribution in [0, 0.1) is 11.7 Å². The van der Waals surface area contributed by atoms with E-state index in [9.17, 15) is 9.18 Å². The number of nitrogens with one attached hydrogen (secondary N) is 1. The summed E-state index contributed by atoms with van der Waals surface area (Å²) in [6.45, 7) is 10.7. The number of hydrogen-bond acceptors (Lipinski definition) is 4. The molecule has 0 fully saturated rings. The average molecular weight is 405 g/mol. The molecule has 1 N–H and O–H groups in total. The maximum Gasteiger partial charge on any atom is 0.273 e. The summed E-state index contributed by atoms with van der Waals surface area (Å²) in [6.07, 6.45) is 0.656. The van der Waals surface area contributed by atoms with E-state index >= 15 is 0 Å². The van der Waals surface area contributed by atoms with Gasteiger partial charge >= 0.3 is 0 Å². The Morgan fingerprint density at radius 1 is 1.21 bits per heavy atom. The number of anilines is 1. The number of amides is 1. The van der Waals surface area contributed by atoms with Crippen molar-refractivity contribution < 1.29 is 9.18 Å². The predicted octanol–water partition coefficient (Wildman–Crippen LogP) is 4.70. The highest BCUT2D eigenvalue weighted by Crippen LogP contribution is 2.32. The van der Waals surface area contributed by atoms with Gasteiger partial charge in [0.25, 0.3) is 5.91 Å². The van der Waals surface area contributed by atoms with E-state index in [-0.39, 0.29) is 28.6 Å². The van der Waals surface area contributed by atoms with Crippen LogP contribution in [0.15, 0.2) is 24.3 Å². The van der Waals surface area contributed by atoms with Crippen molar-refractivity contribution in [2.45, 2.75) is 59.2 Å². The Morgan fingerprint density at radius 3 is 2.46 bits per heavy atom. The van der Waals surface area contributed by atoms with Gasteiger partial charge < -0.3 is 10.2 Å². The fourth-order valence-corrected chi connectivity index (χ4v) is 3.60. The topological polar surface area (TPSA) is 58.1 Å². The quantitative estimate of drug-likeness (QED) is 0.709. The van der Waals surface area contributed by atoms with Crippen molar-refractivity contribution in [1.29, 1.82) is 0 Å². The highest BCUT2D eigenvalue weighted by Gasteiger charge is 2.37. The number of hydrogen-bond donors (Lipinski definition) is 1. The van der Waals surface area contributed by atoms with Crippen molar-refractivity contribution >= 4 is 23.3 Å². The Labute approximate surface area is 170 Å². The lowest BCUT2D eigenvalue weighted by Crippen LogP contribution is -2.37. The second kappa shape index (κ2) is 7.66. The first-order chi connectivity index (χ1) is 13.1. The van der Waals surface area contributed by atoms with Gasteiger partial charge in [-0.25, -0.2) is 14.4 Å². The zero-order chi connectivity index (χ0) is 20.6. The van der Waals surface area contributed by atoms with Gasteiger partial charge in [0.15, 0.2) is 0 Å². The van der Waals surface area contributed by atoms with Crippen LogP contribution in [-0.2, 0) is 13.0 Å². The Hall–Kier alpha value is -2.21. The number of benzene rings is 1. The highest BCUT2D eigenvalue weighted by atomic mass is 35.5. The van der Waals surface area contributed by atoms with E-state index in [4.69, 9.17) is 11.6 Å². The van der Waals surface area contributed by atoms with Crippen molar-refractivity contribution in [2.24, 2.45) is 5.92 Å². The van der Waals surface area contributed by atoms with Crippen molar-refractivity contribution in [3.8, 4) is 0 Å². The van der Waals surface area contributed by atoms with E-state index in [2.05, 4.69) is 29.1 Å². The maximum atomic E-state index is 13.2. The molecule has 0 radical (unpaired) electrons. The molecule has 5 nitrogen and oxygen atoms in total. The molecular formula is C21H26ClFN4O. The van der Waals surface area contributed by atoms with Crippen LogP contribution in [0.1, 0.15) is 56.2 Å². The van der Waals surface area contributed by atoms with Crippen molar-refractivity contribution in [2.75, 3.05) is 5.32 Å². The Bertz CT molecular complexity index is 883. The molecule has 1 atom stereocenters. The van der Waals surface area contributed by atoms with Gasteiger partial charge in [-0.2, -0.15) is 0 Å². The SMILES string of the molecule is CC(C)C(C)N1Cc2c(NC(C)(C)Cc3ccc(F)cc3)nc(Cl)nc2C1=O. The Balaban J connectivity index is 1.87. The zero-order valence-corrected chi connectivity index (χ0v) is 17.6. The summed E-state index contributed by atoms with van der Waals surface area (Å²) in [5.41, 5.74) is 1.76. The number of nitrogens with zero attached hydrogens (tertiary/aromatic N) is 3. The van der Waals surface area contributed by atoms with E-state index in [0.29, 0.717) is 30.4 Å². The van der Waals surface area contributed by atoms with Gasteiger partial charge in [0, 0.05) is 17.1 Å². The van der Waals surface area contributed by atoms with Crippen LogP contribution in [0.25, 0.3) is 0 Å². The standard InChI is InChI=1S/C21H26ClFN4O/c1-12(2)13(3)27-11-16-17(19(27)28)24-20(22)25-18(16)26-21(4,5)10-14-6-8-15(23)9-7-14/h6-9,12-13H,10-11H2,1-5H3,(H,24,25,26). The maximum absolute atomic E-state index is 13.2. The van der Waals surface area contributed by atoms with Gasteiger partial charge in [-0.15, -0.1) is 0 Å². The minimum Gasteiger partial charge on any atom is -0.364 e. The number of aromatic nitrogens is 2.